The fourth-order valence-corrected chi connectivity index (χ4v) is 3.59. The first kappa shape index (κ1) is 15.7. The Balaban J connectivity index is 1.81. The fourth-order valence-electron chi connectivity index (χ4n) is 2.65. The summed E-state index contributed by atoms with van der Waals surface area (Å²) < 4.78 is 7.59. The van der Waals surface area contributed by atoms with E-state index < -0.39 is 0 Å². The third-order valence-corrected chi connectivity index (χ3v) is 4.81. The van der Waals surface area contributed by atoms with Crippen molar-refractivity contribution in [2.24, 2.45) is 0 Å². The van der Waals surface area contributed by atoms with E-state index in [0.29, 0.717) is 0 Å². The summed E-state index contributed by atoms with van der Waals surface area (Å²) >= 11 is 1.66. The van der Waals surface area contributed by atoms with Crippen LogP contribution >= 0.6 is 11.8 Å². The van der Waals surface area contributed by atoms with Crippen molar-refractivity contribution in [2.45, 2.75) is 10.9 Å². The summed E-state index contributed by atoms with van der Waals surface area (Å²) in [5, 5.41) is 0.877. The molecule has 4 rings (SSSR count). The van der Waals surface area contributed by atoms with Crippen LogP contribution in [0.2, 0.25) is 0 Å². The quantitative estimate of drug-likeness (QED) is 0.508. The first-order valence-corrected chi connectivity index (χ1v) is 8.84. The third kappa shape index (κ3) is 3.08. The van der Waals surface area contributed by atoms with Crippen LogP contribution in [0.25, 0.3) is 16.9 Å². The van der Waals surface area contributed by atoms with Gasteiger partial charge in [-0.1, -0.05) is 30.0 Å². The van der Waals surface area contributed by atoms with Gasteiger partial charge in [-0.15, -0.1) is 0 Å². The summed E-state index contributed by atoms with van der Waals surface area (Å²) in [7, 11) is 1.67. The van der Waals surface area contributed by atoms with E-state index in [1.165, 1.54) is 0 Å². The van der Waals surface area contributed by atoms with E-state index in [0.717, 1.165) is 39.1 Å². The molecular weight excluding hydrogens is 332 g/mol. The molecule has 0 unspecified atom stereocenters. The second kappa shape index (κ2) is 6.94. The number of hydrogen-bond acceptors (Lipinski definition) is 5. The number of imidazole rings is 1. The van der Waals surface area contributed by atoms with E-state index in [2.05, 4.69) is 20.6 Å². The third-order valence-electron chi connectivity index (χ3n) is 3.80. The molecule has 0 amide bonds. The standard InChI is InChI=1S/C19H16N4OS/c1-24-17-9-3-2-8-16(17)23-18-15(7-5-11-21-18)22-19(23)25-13-14-6-4-10-20-12-14/h2-12H,13H2,1H3. The number of para-hydroxylation sites is 2. The molecule has 3 heterocycles. The minimum Gasteiger partial charge on any atom is -0.495 e. The Hall–Kier alpha value is -2.86. The van der Waals surface area contributed by atoms with Gasteiger partial charge in [0.1, 0.15) is 11.3 Å². The Morgan fingerprint density at radius 3 is 2.76 bits per heavy atom. The van der Waals surface area contributed by atoms with Crippen LogP contribution in [0.5, 0.6) is 5.75 Å². The lowest BCUT2D eigenvalue weighted by Crippen LogP contribution is -2.00. The number of thioether (sulfide) groups is 1. The summed E-state index contributed by atoms with van der Waals surface area (Å²) in [4.78, 5) is 13.5. The summed E-state index contributed by atoms with van der Waals surface area (Å²) in [6.07, 6.45) is 5.44. The largest absolute Gasteiger partial charge is 0.495 e. The molecule has 124 valence electrons. The van der Waals surface area contributed by atoms with Crippen molar-refractivity contribution in [2.75, 3.05) is 7.11 Å². The molecule has 0 saturated heterocycles. The maximum absolute atomic E-state index is 5.54. The lowest BCUT2D eigenvalue weighted by atomic mass is 10.3. The van der Waals surface area contributed by atoms with Crippen molar-refractivity contribution in [3.63, 3.8) is 0 Å². The Morgan fingerprint density at radius 2 is 1.92 bits per heavy atom. The minimum absolute atomic E-state index is 0.784. The van der Waals surface area contributed by atoms with E-state index >= 15 is 0 Å². The second-order valence-corrected chi connectivity index (χ2v) is 6.34. The van der Waals surface area contributed by atoms with Gasteiger partial charge in [0, 0.05) is 24.3 Å². The molecule has 4 aromatic rings. The highest BCUT2D eigenvalue weighted by Gasteiger charge is 2.16. The van der Waals surface area contributed by atoms with Crippen molar-refractivity contribution in [3.8, 4) is 11.4 Å². The molecule has 0 fully saturated rings. The molecule has 0 atom stereocenters. The summed E-state index contributed by atoms with van der Waals surface area (Å²) in [6.45, 7) is 0. The zero-order valence-corrected chi connectivity index (χ0v) is 14.5. The molecule has 5 nitrogen and oxygen atoms in total. The number of pyridine rings is 2. The van der Waals surface area contributed by atoms with Crippen LogP contribution < -0.4 is 4.74 Å². The fraction of sp³-hybridized carbons (Fsp3) is 0.105. The number of benzene rings is 1. The maximum atomic E-state index is 5.54. The monoisotopic (exact) mass is 348 g/mol. The van der Waals surface area contributed by atoms with Gasteiger partial charge in [-0.2, -0.15) is 0 Å². The zero-order valence-electron chi connectivity index (χ0n) is 13.7. The summed E-state index contributed by atoms with van der Waals surface area (Å²) in [6, 6.07) is 15.8. The number of fused-ring (bicyclic) bond motifs is 1. The molecule has 25 heavy (non-hydrogen) atoms. The van der Waals surface area contributed by atoms with Crippen LogP contribution in [0.15, 0.2) is 72.3 Å². The number of ether oxygens (including phenoxy) is 1. The normalized spacial score (nSPS) is 10.9. The van der Waals surface area contributed by atoms with Crippen LogP contribution in [-0.4, -0.2) is 26.6 Å². The van der Waals surface area contributed by atoms with E-state index in [1.807, 2.05) is 48.7 Å². The highest BCUT2D eigenvalue weighted by molar-refractivity contribution is 7.98. The summed E-state index contributed by atoms with van der Waals surface area (Å²) in [5.74, 6) is 1.57. The van der Waals surface area contributed by atoms with E-state index in [1.54, 1.807) is 31.3 Å². The van der Waals surface area contributed by atoms with Crippen LogP contribution in [-0.2, 0) is 5.75 Å². The number of aromatic nitrogens is 4. The smallest absolute Gasteiger partial charge is 0.175 e. The lowest BCUT2D eigenvalue weighted by Gasteiger charge is -2.12. The first-order chi connectivity index (χ1) is 12.4. The molecule has 6 heteroatoms. The van der Waals surface area contributed by atoms with Crippen molar-refractivity contribution in [1.82, 2.24) is 19.5 Å². The van der Waals surface area contributed by atoms with Crippen LogP contribution in [0.3, 0.4) is 0 Å². The van der Waals surface area contributed by atoms with E-state index in [4.69, 9.17) is 9.72 Å². The van der Waals surface area contributed by atoms with Gasteiger partial charge in [0.05, 0.1) is 12.8 Å². The van der Waals surface area contributed by atoms with Crippen LogP contribution in [0, 0.1) is 0 Å². The predicted molar refractivity (Wildman–Crippen MR) is 99.2 cm³/mol. The first-order valence-electron chi connectivity index (χ1n) is 7.85. The highest BCUT2D eigenvalue weighted by atomic mass is 32.2. The van der Waals surface area contributed by atoms with Crippen molar-refractivity contribution in [1.29, 1.82) is 0 Å². The van der Waals surface area contributed by atoms with Crippen molar-refractivity contribution >= 4 is 22.9 Å². The Bertz CT molecular complexity index is 1000. The average Bonchev–Trinajstić information content (AvgIpc) is 3.05. The molecule has 0 spiro atoms. The summed E-state index contributed by atoms with van der Waals surface area (Å²) in [5.41, 5.74) is 3.77. The molecule has 0 aliphatic heterocycles. The number of hydrogen-bond donors (Lipinski definition) is 0. The molecule has 0 N–H and O–H groups in total. The van der Waals surface area contributed by atoms with Gasteiger partial charge in [0.25, 0.3) is 0 Å². The molecule has 0 aliphatic carbocycles. The zero-order chi connectivity index (χ0) is 17.1. The second-order valence-electron chi connectivity index (χ2n) is 5.40. The van der Waals surface area contributed by atoms with Gasteiger partial charge in [-0.05, 0) is 35.9 Å². The predicted octanol–water partition coefficient (Wildman–Crippen LogP) is 4.12. The molecular formula is C19H16N4OS. The Labute approximate surface area is 149 Å². The Kier molecular flexibility index (Phi) is 4.35. The van der Waals surface area contributed by atoms with Gasteiger partial charge in [0.2, 0.25) is 0 Å². The maximum Gasteiger partial charge on any atom is 0.175 e. The van der Waals surface area contributed by atoms with Crippen LogP contribution in [0.1, 0.15) is 5.56 Å². The molecule has 0 bridgehead atoms. The lowest BCUT2D eigenvalue weighted by molar-refractivity contribution is 0.412. The molecule has 0 radical (unpaired) electrons. The highest BCUT2D eigenvalue weighted by Crippen LogP contribution is 2.32. The van der Waals surface area contributed by atoms with E-state index in [-0.39, 0.29) is 0 Å². The average molecular weight is 348 g/mol. The molecule has 0 saturated carbocycles. The van der Waals surface area contributed by atoms with Crippen LogP contribution in [0.4, 0.5) is 0 Å². The number of nitrogens with zero attached hydrogens (tertiary/aromatic N) is 4. The molecule has 1 aromatic carbocycles. The molecule has 3 aromatic heterocycles. The minimum atomic E-state index is 0.784. The van der Waals surface area contributed by atoms with Gasteiger partial charge < -0.3 is 4.74 Å². The van der Waals surface area contributed by atoms with Crippen molar-refractivity contribution < 1.29 is 4.74 Å². The van der Waals surface area contributed by atoms with Crippen molar-refractivity contribution in [3.05, 3.63) is 72.7 Å². The van der Waals surface area contributed by atoms with Gasteiger partial charge in [0.15, 0.2) is 10.8 Å². The van der Waals surface area contributed by atoms with Gasteiger partial charge in [-0.25, -0.2) is 9.97 Å². The SMILES string of the molecule is COc1ccccc1-n1c(SCc2cccnc2)nc2cccnc21. The number of methoxy groups -OCH3 is 1. The van der Waals surface area contributed by atoms with Gasteiger partial charge >= 0.3 is 0 Å². The molecule has 0 aliphatic rings. The topological polar surface area (TPSA) is 52.8 Å². The van der Waals surface area contributed by atoms with E-state index in [9.17, 15) is 0 Å². The van der Waals surface area contributed by atoms with Gasteiger partial charge in [-0.3, -0.25) is 9.55 Å². The number of rotatable bonds is 5. The Morgan fingerprint density at radius 1 is 1.04 bits per heavy atom.